The first-order valence-corrected chi connectivity index (χ1v) is 11.9. The summed E-state index contributed by atoms with van der Waals surface area (Å²) in [6.07, 6.45) is 1.65. The lowest BCUT2D eigenvalue weighted by atomic mass is 9.99. The van der Waals surface area contributed by atoms with Crippen LogP contribution in [-0.4, -0.2) is 38.3 Å². The van der Waals surface area contributed by atoms with Gasteiger partial charge in [0.2, 0.25) is 15.9 Å². The lowest BCUT2D eigenvalue weighted by Gasteiger charge is -2.31. The Morgan fingerprint density at radius 2 is 1.77 bits per heavy atom. The maximum absolute atomic E-state index is 13.7. The molecule has 1 saturated heterocycles. The van der Waals surface area contributed by atoms with Gasteiger partial charge in [0.15, 0.2) is 0 Å². The monoisotopic (exact) mass is 440 g/mol. The highest BCUT2D eigenvalue weighted by atomic mass is 32.2. The third-order valence-electron chi connectivity index (χ3n) is 5.77. The van der Waals surface area contributed by atoms with Gasteiger partial charge in [-0.2, -0.15) is 4.31 Å². The van der Waals surface area contributed by atoms with Gasteiger partial charge in [0.05, 0.1) is 10.8 Å². The number of carbonyl (C=O) groups excluding carboxylic acids is 1. The number of amides is 1. The van der Waals surface area contributed by atoms with Crippen molar-refractivity contribution >= 4 is 26.7 Å². The second-order valence-electron chi connectivity index (χ2n) is 7.84. The summed E-state index contributed by atoms with van der Waals surface area (Å²) in [5.74, 6) is -0.888. The Hall–Kier alpha value is -2.77. The van der Waals surface area contributed by atoms with E-state index in [9.17, 15) is 17.6 Å². The van der Waals surface area contributed by atoms with Crippen LogP contribution in [0.3, 0.4) is 0 Å². The molecule has 1 atom stereocenters. The number of nitrogens with one attached hydrogen (secondary N) is 1. The number of sulfonamides is 1. The number of benzene rings is 3. The number of halogens is 1. The van der Waals surface area contributed by atoms with Crippen molar-refractivity contribution in [3.63, 3.8) is 0 Å². The van der Waals surface area contributed by atoms with Crippen LogP contribution in [0, 0.1) is 11.7 Å². The van der Waals surface area contributed by atoms with Crippen LogP contribution in [0.25, 0.3) is 10.8 Å². The van der Waals surface area contributed by atoms with E-state index in [-0.39, 0.29) is 23.2 Å². The minimum Gasteiger partial charge on any atom is -0.355 e. The predicted molar refractivity (Wildman–Crippen MR) is 119 cm³/mol. The Balaban J connectivity index is 1.41. The van der Waals surface area contributed by atoms with E-state index in [2.05, 4.69) is 5.32 Å². The summed E-state index contributed by atoms with van der Waals surface area (Å²) in [5.41, 5.74) is 0.548. The van der Waals surface area contributed by atoms with Crippen LogP contribution in [0.15, 0.2) is 71.6 Å². The molecule has 5 nitrogen and oxygen atoms in total. The molecule has 0 saturated carbocycles. The van der Waals surface area contributed by atoms with E-state index in [4.69, 9.17) is 0 Å². The van der Waals surface area contributed by atoms with E-state index in [1.165, 1.54) is 10.4 Å². The Kier molecular flexibility index (Phi) is 6.34. The van der Waals surface area contributed by atoms with E-state index < -0.39 is 15.9 Å². The van der Waals surface area contributed by atoms with E-state index >= 15 is 0 Å². The predicted octanol–water partition coefficient (Wildman–Crippen LogP) is 3.74. The number of nitrogens with zero attached hydrogens (tertiary/aromatic N) is 1. The van der Waals surface area contributed by atoms with Crippen molar-refractivity contribution in [3.05, 3.63) is 78.1 Å². The minimum atomic E-state index is -3.69. The molecular formula is C24H25FN2O3S. The fraction of sp³-hybridized carbons (Fsp3) is 0.292. The number of fused-ring (bicyclic) bond motifs is 1. The number of hydrogen-bond acceptors (Lipinski definition) is 3. The average Bonchev–Trinajstić information content (AvgIpc) is 2.80. The van der Waals surface area contributed by atoms with Gasteiger partial charge in [0.25, 0.3) is 0 Å². The van der Waals surface area contributed by atoms with Gasteiger partial charge >= 0.3 is 0 Å². The Morgan fingerprint density at radius 1 is 1.03 bits per heavy atom. The number of carbonyl (C=O) groups is 1. The smallest absolute Gasteiger partial charge is 0.243 e. The number of piperidine rings is 1. The zero-order chi connectivity index (χ0) is 21.8. The van der Waals surface area contributed by atoms with E-state index in [0.717, 1.165) is 10.8 Å². The molecule has 3 aromatic rings. The van der Waals surface area contributed by atoms with Crippen LogP contribution in [0.2, 0.25) is 0 Å². The molecule has 3 aromatic carbocycles. The Bertz CT molecular complexity index is 1200. The highest BCUT2D eigenvalue weighted by Gasteiger charge is 2.33. The largest absolute Gasteiger partial charge is 0.355 e. The maximum atomic E-state index is 13.7. The molecule has 31 heavy (non-hydrogen) atoms. The van der Waals surface area contributed by atoms with E-state index in [1.54, 1.807) is 36.4 Å². The lowest BCUT2D eigenvalue weighted by Crippen LogP contribution is -2.45. The van der Waals surface area contributed by atoms with Gasteiger partial charge < -0.3 is 5.32 Å². The van der Waals surface area contributed by atoms with Gasteiger partial charge in [-0.25, -0.2) is 12.8 Å². The first-order valence-electron chi connectivity index (χ1n) is 10.5. The molecule has 0 spiro atoms. The molecule has 1 N–H and O–H groups in total. The molecule has 7 heteroatoms. The fourth-order valence-corrected chi connectivity index (χ4v) is 5.58. The zero-order valence-electron chi connectivity index (χ0n) is 17.1. The second-order valence-corrected chi connectivity index (χ2v) is 9.78. The number of hydrogen-bond donors (Lipinski definition) is 1. The minimum absolute atomic E-state index is 0.153. The summed E-state index contributed by atoms with van der Waals surface area (Å²) in [4.78, 5) is 12.9. The average molecular weight is 441 g/mol. The van der Waals surface area contributed by atoms with Crippen molar-refractivity contribution in [3.8, 4) is 0 Å². The molecule has 1 amide bonds. The molecule has 1 fully saturated rings. The summed E-state index contributed by atoms with van der Waals surface area (Å²) in [6.45, 7) is 0.864. The SMILES string of the molecule is O=C(NCCc1ccccc1F)C1CCCN(S(=O)(=O)c2ccc3ccccc3c2)C1. The summed E-state index contributed by atoms with van der Waals surface area (Å²) in [5, 5.41) is 4.68. The van der Waals surface area contributed by atoms with Crippen LogP contribution in [0.1, 0.15) is 18.4 Å². The van der Waals surface area contributed by atoms with Gasteiger partial charge in [0, 0.05) is 19.6 Å². The third-order valence-corrected chi connectivity index (χ3v) is 7.63. The summed E-state index contributed by atoms with van der Waals surface area (Å²) in [6, 6.07) is 19.2. The maximum Gasteiger partial charge on any atom is 0.243 e. The van der Waals surface area contributed by atoms with Gasteiger partial charge in [-0.1, -0.05) is 48.5 Å². The molecular weight excluding hydrogens is 415 g/mol. The first-order chi connectivity index (χ1) is 14.9. The molecule has 4 rings (SSSR count). The van der Waals surface area contributed by atoms with Crippen molar-refractivity contribution < 1.29 is 17.6 Å². The van der Waals surface area contributed by atoms with Crippen molar-refractivity contribution in [1.82, 2.24) is 9.62 Å². The lowest BCUT2D eigenvalue weighted by molar-refractivity contribution is -0.126. The fourth-order valence-electron chi connectivity index (χ4n) is 4.02. The molecule has 1 unspecified atom stereocenters. The molecule has 162 valence electrons. The van der Waals surface area contributed by atoms with Crippen LogP contribution >= 0.6 is 0 Å². The molecule has 0 aromatic heterocycles. The molecule has 0 bridgehead atoms. The molecule has 1 heterocycles. The Morgan fingerprint density at radius 3 is 2.58 bits per heavy atom. The van der Waals surface area contributed by atoms with E-state index in [0.29, 0.717) is 37.9 Å². The van der Waals surface area contributed by atoms with Gasteiger partial charge in [-0.15, -0.1) is 0 Å². The third kappa shape index (κ3) is 4.78. The van der Waals surface area contributed by atoms with Crippen LogP contribution in [0.4, 0.5) is 4.39 Å². The van der Waals surface area contributed by atoms with Gasteiger partial charge in [0.1, 0.15) is 5.82 Å². The normalized spacial score (nSPS) is 17.5. The van der Waals surface area contributed by atoms with Crippen molar-refractivity contribution in [2.45, 2.75) is 24.2 Å². The van der Waals surface area contributed by atoms with Crippen LogP contribution in [-0.2, 0) is 21.2 Å². The van der Waals surface area contributed by atoms with Crippen LogP contribution in [0.5, 0.6) is 0 Å². The molecule has 1 aliphatic heterocycles. The standard InChI is InChI=1S/C24H25FN2O3S/c25-23-10-4-3-7-19(23)13-14-26-24(28)21-9-5-15-27(17-21)31(29,30)22-12-11-18-6-1-2-8-20(18)16-22/h1-4,6-8,10-12,16,21H,5,9,13-15,17H2,(H,26,28). The van der Waals surface area contributed by atoms with Gasteiger partial charge in [-0.05, 0) is 53.8 Å². The number of rotatable bonds is 6. The van der Waals surface area contributed by atoms with E-state index in [1.807, 2.05) is 24.3 Å². The summed E-state index contributed by atoms with van der Waals surface area (Å²) >= 11 is 0. The topological polar surface area (TPSA) is 66.5 Å². The molecule has 0 radical (unpaired) electrons. The molecule has 1 aliphatic rings. The Labute approximate surface area is 181 Å². The van der Waals surface area contributed by atoms with Crippen molar-refractivity contribution in [1.29, 1.82) is 0 Å². The van der Waals surface area contributed by atoms with Crippen molar-refractivity contribution in [2.75, 3.05) is 19.6 Å². The quantitative estimate of drug-likeness (QED) is 0.635. The van der Waals surface area contributed by atoms with Crippen LogP contribution < -0.4 is 5.32 Å². The first kappa shape index (κ1) is 21.5. The highest BCUT2D eigenvalue weighted by molar-refractivity contribution is 7.89. The summed E-state index contributed by atoms with van der Waals surface area (Å²) < 4.78 is 41.5. The second kappa shape index (κ2) is 9.16. The zero-order valence-corrected chi connectivity index (χ0v) is 17.9. The van der Waals surface area contributed by atoms with Crippen molar-refractivity contribution in [2.24, 2.45) is 5.92 Å². The highest BCUT2D eigenvalue weighted by Crippen LogP contribution is 2.26. The molecule has 0 aliphatic carbocycles. The van der Waals surface area contributed by atoms with Gasteiger partial charge in [-0.3, -0.25) is 4.79 Å². The summed E-state index contributed by atoms with van der Waals surface area (Å²) in [7, 11) is -3.69.